The molecule has 11 heteroatoms. The number of aliphatic hydroxyl groups is 1. The normalized spacial score (nSPS) is 15.0. The van der Waals surface area contributed by atoms with Gasteiger partial charge in [-0.3, -0.25) is 14.2 Å². The largest absolute Gasteiger partial charge is 0.756 e. The van der Waals surface area contributed by atoms with Crippen LogP contribution in [-0.2, 0) is 32.7 Å². The summed E-state index contributed by atoms with van der Waals surface area (Å²) in [4.78, 5) is 37.5. The van der Waals surface area contributed by atoms with Crippen LogP contribution in [0.3, 0.4) is 0 Å². The lowest BCUT2D eigenvalue weighted by Gasteiger charge is -2.28. The number of aliphatic hydroxyl groups excluding tert-OH is 1. The number of carbonyl (C=O) groups is 2. The van der Waals surface area contributed by atoms with Crippen LogP contribution in [0.1, 0.15) is 136 Å². The van der Waals surface area contributed by atoms with Gasteiger partial charge in [0.2, 0.25) is 0 Å². The second kappa shape index (κ2) is 39.1. The van der Waals surface area contributed by atoms with Gasteiger partial charge in [-0.25, -0.2) is 0 Å². The molecule has 10 nitrogen and oxygen atoms in total. The summed E-state index contributed by atoms with van der Waals surface area (Å²) in [6.45, 7) is 3.78. The molecule has 0 rings (SSSR count). The molecule has 0 aliphatic carbocycles. The zero-order chi connectivity index (χ0) is 43.7. The van der Waals surface area contributed by atoms with E-state index in [0.29, 0.717) is 36.7 Å². The van der Waals surface area contributed by atoms with Crippen molar-refractivity contribution in [2.24, 2.45) is 0 Å². The number of hydrogen-bond acceptors (Lipinski definition) is 9. The quantitative estimate of drug-likeness (QED) is 0.0212. The maximum atomic E-state index is 12.7. The summed E-state index contributed by atoms with van der Waals surface area (Å²) in [6.07, 6.45) is 47.9. The molecule has 0 aromatic carbocycles. The number of rotatable bonds is 38. The average Bonchev–Trinajstić information content (AvgIpc) is 3.18. The lowest BCUT2D eigenvalue weighted by molar-refractivity contribution is -0.870. The highest BCUT2D eigenvalue weighted by Crippen LogP contribution is 2.38. The first-order valence-electron chi connectivity index (χ1n) is 22.0. The third-order valence-corrected chi connectivity index (χ3v) is 9.61. The SMILES string of the molecule is CC/C=C\C/C=C\C/C=C\C/C=C\CCCCCCC(=O)O[C@H](COC(=O)CCC/C=C\C/C=C\C/C=C\C/C=C\CC(O)CCC)COP(=O)([O-])OCC[N+](C)(C)C. The number of esters is 2. The number of likely N-dealkylation sites (N-methyl/N-ethyl adjacent to an activating group) is 1. The Hall–Kier alpha value is -3.11. The number of hydrogen-bond donors (Lipinski definition) is 1. The van der Waals surface area contributed by atoms with E-state index in [-0.39, 0.29) is 32.2 Å². The summed E-state index contributed by atoms with van der Waals surface area (Å²) >= 11 is 0. The van der Waals surface area contributed by atoms with E-state index in [9.17, 15) is 24.2 Å². The highest BCUT2D eigenvalue weighted by Gasteiger charge is 2.21. The number of phosphoric ester groups is 1. The van der Waals surface area contributed by atoms with Gasteiger partial charge in [0.1, 0.15) is 19.8 Å². The molecule has 0 fully saturated rings. The second-order valence-corrected chi connectivity index (χ2v) is 16.9. The van der Waals surface area contributed by atoms with Crippen molar-refractivity contribution in [1.82, 2.24) is 0 Å². The van der Waals surface area contributed by atoms with Gasteiger partial charge in [-0.2, -0.15) is 0 Å². The molecular formula is C48H80NO9P. The highest BCUT2D eigenvalue weighted by molar-refractivity contribution is 7.45. The molecule has 0 aliphatic heterocycles. The first-order chi connectivity index (χ1) is 28.4. The van der Waals surface area contributed by atoms with Gasteiger partial charge in [-0.15, -0.1) is 0 Å². The third-order valence-electron chi connectivity index (χ3n) is 8.64. The zero-order valence-corrected chi connectivity index (χ0v) is 38.2. The fourth-order valence-electron chi connectivity index (χ4n) is 5.24. The first kappa shape index (κ1) is 55.9. The first-order valence-corrected chi connectivity index (χ1v) is 23.5. The maximum absolute atomic E-state index is 12.7. The Balaban J connectivity index is 4.54. The number of allylic oxidation sites excluding steroid dienone is 15. The predicted molar refractivity (Wildman–Crippen MR) is 241 cm³/mol. The Morgan fingerprint density at radius 2 is 1.12 bits per heavy atom. The summed E-state index contributed by atoms with van der Waals surface area (Å²) in [5.74, 6) is -0.960. The van der Waals surface area contributed by atoms with Gasteiger partial charge in [0.05, 0.1) is 33.9 Å². The zero-order valence-electron chi connectivity index (χ0n) is 37.3. The van der Waals surface area contributed by atoms with E-state index in [1.165, 1.54) is 0 Å². The molecule has 0 bridgehead atoms. The van der Waals surface area contributed by atoms with Crippen LogP contribution in [0.25, 0.3) is 0 Å². The van der Waals surface area contributed by atoms with Gasteiger partial charge in [0, 0.05) is 12.8 Å². The van der Waals surface area contributed by atoms with Crippen molar-refractivity contribution in [3.63, 3.8) is 0 Å². The monoisotopic (exact) mass is 846 g/mol. The fourth-order valence-corrected chi connectivity index (χ4v) is 5.97. The molecule has 2 unspecified atom stereocenters. The van der Waals surface area contributed by atoms with Crippen molar-refractivity contribution in [3.05, 3.63) is 97.2 Å². The summed E-state index contributed by atoms with van der Waals surface area (Å²) in [5, 5.41) is 9.73. The molecular weight excluding hydrogens is 766 g/mol. The van der Waals surface area contributed by atoms with Crippen LogP contribution < -0.4 is 4.89 Å². The molecule has 0 spiro atoms. The van der Waals surface area contributed by atoms with Crippen molar-refractivity contribution >= 4 is 19.8 Å². The Morgan fingerprint density at radius 3 is 1.66 bits per heavy atom. The molecule has 0 radical (unpaired) electrons. The Morgan fingerprint density at radius 1 is 0.627 bits per heavy atom. The van der Waals surface area contributed by atoms with E-state index in [1.807, 2.05) is 33.3 Å². The molecule has 0 saturated heterocycles. The third kappa shape index (κ3) is 42.8. The van der Waals surface area contributed by atoms with Gasteiger partial charge >= 0.3 is 11.9 Å². The summed E-state index contributed by atoms with van der Waals surface area (Å²) in [6, 6.07) is 0. The van der Waals surface area contributed by atoms with Gasteiger partial charge in [-0.1, -0.05) is 130 Å². The van der Waals surface area contributed by atoms with Crippen LogP contribution in [0.2, 0.25) is 0 Å². The molecule has 0 amide bonds. The number of quaternary nitrogens is 1. The van der Waals surface area contributed by atoms with Crippen LogP contribution in [0.15, 0.2) is 97.2 Å². The Bertz CT molecular complexity index is 1340. The van der Waals surface area contributed by atoms with Crippen molar-refractivity contribution < 1.29 is 47.2 Å². The van der Waals surface area contributed by atoms with Crippen molar-refractivity contribution in [2.75, 3.05) is 47.5 Å². The van der Waals surface area contributed by atoms with E-state index in [0.717, 1.165) is 83.5 Å². The maximum Gasteiger partial charge on any atom is 0.306 e. The molecule has 0 saturated carbocycles. The van der Waals surface area contributed by atoms with Crippen LogP contribution in [-0.4, -0.2) is 81.2 Å². The molecule has 0 aromatic heterocycles. The molecule has 3 atom stereocenters. The van der Waals surface area contributed by atoms with Crippen molar-refractivity contribution in [3.8, 4) is 0 Å². The van der Waals surface area contributed by atoms with Crippen LogP contribution >= 0.6 is 7.82 Å². The second-order valence-electron chi connectivity index (χ2n) is 15.5. The molecule has 59 heavy (non-hydrogen) atoms. The minimum Gasteiger partial charge on any atom is -0.756 e. The number of carbonyl (C=O) groups excluding carboxylic acids is 2. The van der Waals surface area contributed by atoms with E-state index < -0.39 is 32.5 Å². The molecule has 336 valence electrons. The lowest BCUT2D eigenvalue weighted by atomic mass is 10.1. The number of ether oxygens (including phenoxy) is 2. The smallest absolute Gasteiger partial charge is 0.306 e. The Labute approximate surface area is 358 Å². The highest BCUT2D eigenvalue weighted by atomic mass is 31.2. The number of unbranched alkanes of at least 4 members (excludes halogenated alkanes) is 5. The van der Waals surface area contributed by atoms with Crippen molar-refractivity contribution in [1.29, 1.82) is 0 Å². The predicted octanol–water partition coefficient (Wildman–Crippen LogP) is 10.9. The minimum atomic E-state index is -4.66. The van der Waals surface area contributed by atoms with E-state index in [2.05, 4.69) is 98.9 Å². The molecule has 0 heterocycles. The van der Waals surface area contributed by atoms with Crippen LogP contribution in [0.4, 0.5) is 0 Å². The van der Waals surface area contributed by atoms with E-state index in [4.69, 9.17) is 18.5 Å². The van der Waals surface area contributed by atoms with Gasteiger partial charge in [0.15, 0.2) is 6.10 Å². The number of nitrogens with zero attached hydrogens (tertiary/aromatic N) is 1. The summed E-state index contributed by atoms with van der Waals surface area (Å²) in [7, 11) is 1.08. The lowest BCUT2D eigenvalue weighted by Crippen LogP contribution is -2.37. The number of phosphoric acid groups is 1. The molecule has 0 aromatic rings. The summed E-state index contributed by atoms with van der Waals surface area (Å²) < 4.78 is 33.8. The van der Waals surface area contributed by atoms with Crippen LogP contribution in [0, 0.1) is 0 Å². The van der Waals surface area contributed by atoms with Gasteiger partial charge in [-0.05, 0) is 89.9 Å². The van der Waals surface area contributed by atoms with Gasteiger partial charge < -0.3 is 33.0 Å². The molecule has 0 aliphatic rings. The van der Waals surface area contributed by atoms with E-state index in [1.54, 1.807) is 0 Å². The average molecular weight is 846 g/mol. The van der Waals surface area contributed by atoms with E-state index >= 15 is 0 Å². The van der Waals surface area contributed by atoms with Crippen LogP contribution in [0.5, 0.6) is 0 Å². The minimum absolute atomic E-state index is 0.0565. The van der Waals surface area contributed by atoms with Gasteiger partial charge in [0.25, 0.3) is 7.82 Å². The fraction of sp³-hybridized carbons (Fsp3) is 0.625. The van der Waals surface area contributed by atoms with Crippen molar-refractivity contribution in [2.45, 2.75) is 148 Å². The summed E-state index contributed by atoms with van der Waals surface area (Å²) in [5.41, 5.74) is 0. The molecule has 1 N–H and O–H groups in total. The topological polar surface area (TPSA) is 131 Å². The Kier molecular flexibility index (Phi) is 37.0. The standard InChI is InChI=1S/C48H80NO9P/c1-6-8-9-10-11-12-13-14-15-16-17-20-24-27-30-33-36-40-48(52)58-46(44-57-59(53,54)56-42-41-49(3,4)5)43-55-47(51)39-35-32-29-26-23-21-18-19-22-25-28-31-34-38-45(50)37-7-2/h8-9,11-12,14-15,17-18,20-22,25-26,29,31,34,45-46,50H,6-7,10,13,16,19,23-24,27-28,30,32-33,35-44H2,1-5H3/b9-8-,12-11-,15-14-,20-17-,21-18-,25-22-,29-26-,34-31-/t45?,46-/m1/s1.